The number of aliphatic hydroxyl groups excluding tert-OH is 1. The minimum Gasteiger partial charge on any atom is -0.462 e. The van der Waals surface area contributed by atoms with E-state index in [1.54, 1.807) is 6.08 Å². The first-order valence-corrected chi connectivity index (χ1v) is 42.6. The van der Waals surface area contributed by atoms with Gasteiger partial charge >= 0.3 is 39.5 Å². The Hall–Kier alpha value is -6.88. The molecular weight excluding hydrogens is 1400 g/mol. The maximum atomic E-state index is 13.1. The van der Waals surface area contributed by atoms with Crippen molar-refractivity contribution >= 4 is 39.5 Å². The fraction of sp³-hybridized carbons (Fsp3) is 0.528. The molecule has 17 nitrogen and oxygen atoms in total. The maximum Gasteiger partial charge on any atom is 0.472 e. The largest absolute Gasteiger partial charge is 0.472 e. The molecular formula is C89H136O17P2. The molecule has 3 N–H and O–H groups in total. The maximum absolute atomic E-state index is 13.1. The number of esters is 4. The van der Waals surface area contributed by atoms with Gasteiger partial charge in [0.15, 0.2) is 12.2 Å². The van der Waals surface area contributed by atoms with Gasteiger partial charge in [0, 0.05) is 19.3 Å². The van der Waals surface area contributed by atoms with Crippen molar-refractivity contribution in [3.8, 4) is 0 Å². The number of phosphoric acid groups is 2. The van der Waals surface area contributed by atoms with Crippen LogP contribution in [0.4, 0.5) is 0 Å². The Morgan fingerprint density at radius 3 is 0.778 bits per heavy atom. The van der Waals surface area contributed by atoms with Crippen LogP contribution in [0.1, 0.15) is 246 Å². The molecule has 0 saturated heterocycles. The molecule has 5 atom stereocenters. The van der Waals surface area contributed by atoms with Gasteiger partial charge in [-0.1, -0.05) is 271 Å². The third kappa shape index (κ3) is 77.3. The summed E-state index contributed by atoms with van der Waals surface area (Å²) >= 11 is 0. The average Bonchev–Trinajstić information content (AvgIpc) is 0.896. The zero-order valence-corrected chi connectivity index (χ0v) is 67.7. The Morgan fingerprint density at radius 1 is 0.269 bits per heavy atom. The highest BCUT2D eigenvalue weighted by atomic mass is 31.2. The topological polar surface area (TPSA) is 237 Å². The molecule has 0 saturated carbocycles. The summed E-state index contributed by atoms with van der Waals surface area (Å²) in [6.07, 6.45) is 101. The monoisotopic (exact) mass is 1540 g/mol. The second-order valence-electron chi connectivity index (χ2n) is 25.1. The summed E-state index contributed by atoms with van der Waals surface area (Å²) in [5.41, 5.74) is 0. The fourth-order valence-electron chi connectivity index (χ4n) is 9.28. The summed E-state index contributed by atoms with van der Waals surface area (Å²) < 4.78 is 68.4. The zero-order chi connectivity index (χ0) is 78.9. The number of hydrogen-bond acceptors (Lipinski definition) is 15. The first-order valence-electron chi connectivity index (χ1n) is 39.6. The van der Waals surface area contributed by atoms with Gasteiger partial charge in [0.1, 0.15) is 19.3 Å². The molecule has 5 unspecified atom stereocenters. The number of aliphatic hydroxyl groups is 1. The summed E-state index contributed by atoms with van der Waals surface area (Å²) in [7, 11) is -10.0. The number of unbranched alkanes of at least 4 members (excludes halogenated alkanes) is 8. The molecule has 0 amide bonds. The lowest BCUT2D eigenvalue weighted by molar-refractivity contribution is -0.161. The molecule has 604 valence electrons. The van der Waals surface area contributed by atoms with E-state index in [4.69, 9.17) is 37.0 Å². The van der Waals surface area contributed by atoms with E-state index >= 15 is 0 Å². The Morgan fingerprint density at radius 2 is 0.491 bits per heavy atom. The molecule has 0 bridgehead atoms. The predicted octanol–water partition coefficient (Wildman–Crippen LogP) is 23.4. The van der Waals surface area contributed by atoms with Crippen molar-refractivity contribution < 1.29 is 80.2 Å². The molecule has 0 spiro atoms. The Labute approximate surface area is 651 Å². The van der Waals surface area contributed by atoms with Gasteiger partial charge in [-0.05, 0) is 180 Å². The van der Waals surface area contributed by atoms with Crippen LogP contribution in [0, 0.1) is 0 Å². The molecule has 0 aromatic carbocycles. The highest BCUT2D eigenvalue weighted by Crippen LogP contribution is 2.45. The lowest BCUT2D eigenvalue weighted by atomic mass is 10.1. The molecule has 108 heavy (non-hydrogen) atoms. The van der Waals surface area contributed by atoms with Crippen LogP contribution in [-0.4, -0.2) is 96.7 Å². The van der Waals surface area contributed by atoms with Crippen LogP contribution in [0.15, 0.2) is 231 Å². The quantitative estimate of drug-likeness (QED) is 0.0169. The van der Waals surface area contributed by atoms with Gasteiger partial charge in [-0.2, -0.15) is 0 Å². The summed E-state index contributed by atoms with van der Waals surface area (Å²) in [6.45, 7) is 4.12. The van der Waals surface area contributed by atoms with Crippen molar-refractivity contribution in [1.82, 2.24) is 0 Å². The molecule has 0 aromatic heterocycles. The van der Waals surface area contributed by atoms with Gasteiger partial charge < -0.3 is 33.8 Å². The van der Waals surface area contributed by atoms with Gasteiger partial charge in [-0.15, -0.1) is 0 Å². The van der Waals surface area contributed by atoms with E-state index in [1.807, 2.05) is 24.3 Å². The average molecular weight is 1540 g/mol. The van der Waals surface area contributed by atoms with Crippen molar-refractivity contribution in [3.05, 3.63) is 231 Å². The smallest absolute Gasteiger partial charge is 0.462 e. The number of phosphoric ester groups is 2. The van der Waals surface area contributed by atoms with E-state index in [0.717, 1.165) is 161 Å². The van der Waals surface area contributed by atoms with Gasteiger partial charge in [-0.25, -0.2) is 9.13 Å². The predicted molar refractivity (Wildman–Crippen MR) is 444 cm³/mol. The standard InChI is InChI=1S/C89H136O17P2/c1-5-9-13-17-21-25-29-33-37-39-41-43-47-50-54-58-62-66-70-74-87(92)100-80-85(106-89(94)76-72-68-64-60-56-52-48-44-42-40-38-34-30-26-22-18-14-10-6-2)82-104-108(97,98)102-78-83(90)77-101-107(95,96)103-81-84(105-88(93)75-71-67-63-59-55-51-46-36-32-28-24-20-16-12-8-4)79-99-86(91)73-69-65-61-57-53-49-45-35-31-27-23-19-15-11-7-3/h9-16,21-28,33-38,41-46,50,52-57,59,65,69,83-85,90H,5-8,17-20,29-32,39-40,47-49,51,58,60-64,66-68,70-82H2,1-4H3,(H,95,96)(H,97,98)/b13-9-,14-10-,15-11-,16-12-,25-21-,26-22-,27-23-,28-24-,37-33-,38-34-,43-41-,44-42-,45-35-,46-36-,54-50-,56-52-,57-53-,59-55-,69-65-. The summed E-state index contributed by atoms with van der Waals surface area (Å²) in [6, 6.07) is 0. The fourth-order valence-corrected chi connectivity index (χ4v) is 10.9. The summed E-state index contributed by atoms with van der Waals surface area (Å²) in [5, 5.41) is 10.6. The summed E-state index contributed by atoms with van der Waals surface area (Å²) in [5.74, 6) is -2.48. The lowest BCUT2D eigenvalue weighted by Gasteiger charge is -2.21. The van der Waals surface area contributed by atoms with E-state index in [0.29, 0.717) is 32.1 Å². The number of rotatable bonds is 71. The molecule has 0 aliphatic heterocycles. The van der Waals surface area contributed by atoms with Crippen LogP contribution < -0.4 is 0 Å². The molecule has 0 radical (unpaired) electrons. The second-order valence-corrected chi connectivity index (χ2v) is 28.0. The van der Waals surface area contributed by atoms with Crippen molar-refractivity contribution in [1.29, 1.82) is 0 Å². The number of carbonyl (C=O) groups excluding carboxylic acids is 4. The van der Waals surface area contributed by atoms with E-state index < -0.39 is 97.5 Å². The molecule has 0 aliphatic carbocycles. The molecule has 0 rings (SSSR count). The van der Waals surface area contributed by atoms with Gasteiger partial charge in [0.2, 0.25) is 0 Å². The normalized spacial score (nSPS) is 15.1. The summed E-state index contributed by atoms with van der Waals surface area (Å²) in [4.78, 5) is 73.0. The Kier molecular flexibility index (Phi) is 73.3. The van der Waals surface area contributed by atoms with E-state index in [-0.39, 0.29) is 25.7 Å². The second kappa shape index (κ2) is 78.2. The van der Waals surface area contributed by atoms with Gasteiger partial charge in [0.25, 0.3) is 0 Å². The van der Waals surface area contributed by atoms with Crippen LogP contribution >= 0.6 is 15.6 Å². The zero-order valence-electron chi connectivity index (χ0n) is 65.9. The van der Waals surface area contributed by atoms with Gasteiger partial charge in [0.05, 0.1) is 32.8 Å². The minimum atomic E-state index is -5.03. The Bertz CT molecular complexity index is 2960. The van der Waals surface area contributed by atoms with Crippen molar-refractivity contribution in [2.45, 2.75) is 264 Å². The molecule has 0 aliphatic rings. The molecule has 0 aromatic rings. The molecule has 0 heterocycles. The van der Waals surface area contributed by atoms with Crippen LogP contribution in [0.3, 0.4) is 0 Å². The number of allylic oxidation sites excluding steroid dienone is 37. The van der Waals surface area contributed by atoms with Gasteiger partial charge in [-0.3, -0.25) is 37.3 Å². The van der Waals surface area contributed by atoms with E-state index in [2.05, 4.69) is 228 Å². The highest BCUT2D eigenvalue weighted by Gasteiger charge is 2.30. The highest BCUT2D eigenvalue weighted by molar-refractivity contribution is 7.47. The first kappa shape index (κ1) is 101. The number of hydrogen-bond donors (Lipinski definition) is 3. The van der Waals surface area contributed by atoms with Crippen molar-refractivity contribution in [2.24, 2.45) is 0 Å². The van der Waals surface area contributed by atoms with Crippen molar-refractivity contribution in [3.63, 3.8) is 0 Å². The molecule has 0 fully saturated rings. The van der Waals surface area contributed by atoms with Crippen LogP contribution in [0.2, 0.25) is 0 Å². The van der Waals surface area contributed by atoms with Crippen molar-refractivity contribution in [2.75, 3.05) is 39.6 Å². The third-order valence-corrected chi connectivity index (χ3v) is 17.0. The lowest BCUT2D eigenvalue weighted by Crippen LogP contribution is -2.30. The van der Waals surface area contributed by atoms with Crippen LogP contribution in [0.5, 0.6) is 0 Å². The third-order valence-electron chi connectivity index (χ3n) is 15.1. The number of ether oxygens (including phenoxy) is 4. The van der Waals surface area contributed by atoms with Crippen LogP contribution in [0.25, 0.3) is 0 Å². The SMILES string of the molecule is CC/C=C\C/C=C\C/C=C\C/C=C\C/C=C\CCCCCC(=O)OCC(COP(=O)(O)OCC(O)COP(=O)(O)OCC(COC(=O)C/C=C\C/C=C\C/C=C\C/C=C\C/C=C\CC)OC(=O)CCCC/C=C\C/C=C\C/C=C\C/C=C\CC)OC(=O)CCCCC/C=C\C/C=C\C/C=C\C/C=C\C/C=C\CC. The van der Waals surface area contributed by atoms with Crippen LogP contribution in [-0.2, 0) is 65.4 Å². The Balaban J connectivity index is 5.58. The minimum absolute atomic E-state index is 0.0113. The van der Waals surface area contributed by atoms with E-state index in [9.17, 15) is 43.2 Å². The number of carbonyl (C=O) groups is 4. The first-order chi connectivity index (χ1) is 52.7. The molecule has 19 heteroatoms. The van der Waals surface area contributed by atoms with E-state index in [1.165, 1.54) is 0 Å².